The van der Waals surface area contributed by atoms with Crippen molar-refractivity contribution in [3.05, 3.63) is 70.5 Å². The molecule has 33 heavy (non-hydrogen) atoms. The van der Waals surface area contributed by atoms with Gasteiger partial charge in [0.2, 0.25) is 0 Å². The molecule has 1 atom stereocenters. The lowest BCUT2D eigenvalue weighted by atomic mass is 9.94. The normalized spacial score (nSPS) is 20.8. The van der Waals surface area contributed by atoms with E-state index in [4.69, 9.17) is 16.3 Å². The predicted octanol–water partition coefficient (Wildman–Crippen LogP) is 3.78. The first-order valence-electron chi connectivity index (χ1n) is 10.8. The molecule has 2 saturated heterocycles. The Labute approximate surface area is 196 Å². The number of carbonyl (C=O) groups is 3. The molecule has 0 aliphatic carbocycles. The number of Topliss-reactive ketones (excluding diaryl/α,β-unsaturated/α-hetero) is 1. The highest BCUT2D eigenvalue weighted by atomic mass is 35.5. The number of ketones is 1. The molecule has 1 unspecified atom stereocenters. The van der Waals surface area contributed by atoms with Gasteiger partial charge in [-0.05, 0) is 61.7 Å². The average Bonchev–Trinajstić information content (AvgIpc) is 3.10. The molecule has 2 aromatic rings. The molecule has 2 aliphatic heterocycles. The summed E-state index contributed by atoms with van der Waals surface area (Å²) in [5.74, 6) is -1.66. The maximum absolute atomic E-state index is 13.2. The van der Waals surface area contributed by atoms with Crippen molar-refractivity contribution in [2.24, 2.45) is 0 Å². The summed E-state index contributed by atoms with van der Waals surface area (Å²) in [6.07, 6.45) is 3.77. The topological polar surface area (TPSA) is 100 Å². The van der Waals surface area contributed by atoms with E-state index in [1.54, 1.807) is 65.5 Å². The minimum atomic E-state index is -0.761. The maximum Gasteiger partial charge on any atom is 0.409 e. The van der Waals surface area contributed by atoms with Crippen LogP contribution in [0.15, 0.2) is 54.4 Å². The molecule has 172 valence electrons. The summed E-state index contributed by atoms with van der Waals surface area (Å²) < 4.78 is 5.07. The molecule has 3 heterocycles. The lowest BCUT2D eigenvalue weighted by molar-refractivity contribution is -0.142. The van der Waals surface area contributed by atoms with E-state index in [0.717, 1.165) is 0 Å². The summed E-state index contributed by atoms with van der Waals surface area (Å²) in [4.78, 5) is 45.6. The van der Waals surface area contributed by atoms with E-state index in [-0.39, 0.29) is 23.5 Å². The highest BCUT2D eigenvalue weighted by molar-refractivity contribution is 6.46. The second-order valence-corrected chi connectivity index (χ2v) is 8.35. The van der Waals surface area contributed by atoms with E-state index in [1.807, 2.05) is 0 Å². The van der Waals surface area contributed by atoms with Gasteiger partial charge in [0.15, 0.2) is 0 Å². The van der Waals surface area contributed by atoms with E-state index >= 15 is 0 Å². The van der Waals surface area contributed by atoms with E-state index in [1.165, 1.54) is 0 Å². The largest absolute Gasteiger partial charge is 0.507 e. The Bertz CT molecular complexity index is 1080. The van der Waals surface area contributed by atoms with Crippen LogP contribution in [0.1, 0.15) is 36.9 Å². The molecule has 1 N–H and O–H groups in total. The quantitative estimate of drug-likeness (QED) is 0.415. The third kappa shape index (κ3) is 4.43. The van der Waals surface area contributed by atoms with Crippen molar-refractivity contribution in [3.8, 4) is 0 Å². The van der Waals surface area contributed by atoms with E-state index in [2.05, 4.69) is 4.98 Å². The number of hydrogen-bond acceptors (Lipinski definition) is 6. The number of aliphatic hydroxyl groups is 1. The van der Waals surface area contributed by atoms with Gasteiger partial charge in [-0.1, -0.05) is 11.6 Å². The van der Waals surface area contributed by atoms with Gasteiger partial charge in [0.05, 0.1) is 18.2 Å². The molecule has 0 saturated carbocycles. The van der Waals surface area contributed by atoms with Gasteiger partial charge >= 0.3 is 6.09 Å². The Kier molecular flexibility index (Phi) is 6.65. The van der Waals surface area contributed by atoms with Crippen LogP contribution in [0.4, 0.5) is 4.79 Å². The standard InChI is InChI=1S/C24H24ClN3O5/c1-2-33-24(32)27-13-9-18(10-14-27)28-20(15-7-11-26-12-8-15)19(22(30)23(28)31)21(29)16-3-5-17(25)6-4-16/h3-8,11-12,18,20,29H,2,9-10,13-14H2,1H3/b21-19+. The molecule has 0 radical (unpaired) electrons. The first-order valence-corrected chi connectivity index (χ1v) is 11.2. The highest BCUT2D eigenvalue weighted by Crippen LogP contribution is 2.42. The molecule has 0 bridgehead atoms. The van der Waals surface area contributed by atoms with Crippen LogP contribution in [0.2, 0.25) is 5.02 Å². The number of nitrogens with zero attached hydrogens (tertiary/aromatic N) is 3. The van der Waals surface area contributed by atoms with Crippen molar-refractivity contribution in [2.75, 3.05) is 19.7 Å². The molecule has 1 aromatic heterocycles. The van der Waals surface area contributed by atoms with Gasteiger partial charge in [-0.15, -0.1) is 0 Å². The minimum absolute atomic E-state index is 0.0290. The molecule has 2 fully saturated rings. The van der Waals surface area contributed by atoms with Crippen LogP contribution in [0.3, 0.4) is 0 Å². The number of pyridine rings is 1. The van der Waals surface area contributed by atoms with Gasteiger partial charge in [0.1, 0.15) is 5.76 Å². The van der Waals surface area contributed by atoms with Gasteiger partial charge in [0, 0.05) is 42.1 Å². The highest BCUT2D eigenvalue weighted by Gasteiger charge is 2.49. The molecule has 2 aliphatic rings. The first-order chi connectivity index (χ1) is 15.9. The van der Waals surface area contributed by atoms with Crippen molar-refractivity contribution < 1.29 is 24.2 Å². The third-order valence-electron chi connectivity index (χ3n) is 6.00. The zero-order chi connectivity index (χ0) is 23.5. The van der Waals surface area contributed by atoms with Crippen molar-refractivity contribution in [1.82, 2.24) is 14.8 Å². The monoisotopic (exact) mass is 469 g/mol. The van der Waals surface area contributed by atoms with E-state index < -0.39 is 17.7 Å². The fourth-order valence-electron chi connectivity index (χ4n) is 4.40. The Balaban J connectivity index is 1.71. The van der Waals surface area contributed by atoms with Crippen molar-refractivity contribution in [2.45, 2.75) is 31.8 Å². The summed E-state index contributed by atoms with van der Waals surface area (Å²) in [6, 6.07) is 8.85. The number of amides is 2. The number of halogens is 1. The predicted molar refractivity (Wildman–Crippen MR) is 121 cm³/mol. The van der Waals surface area contributed by atoms with Gasteiger partial charge in [-0.3, -0.25) is 14.6 Å². The van der Waals surface area contributed by atoms with Crippen molar-refractivity contribution in [1.29, 1.82) is 0 Å². The van der Waals surface area contributed by atoms with Crippen LogP contribution in [-0.2, 0) is 14.3 Å². The maximum atomic E-state index is 13.2. The smallest absolute Gasteiger partial charge is 0.409 e. The van der Waals surface area contributed by atoms with Crippen molar-refractivity contribution in [3.63, 3.8) is 0 Å². The van der Waals surface area contributed by atoms with E-state index in [9.17, 15) is 19.5 Å². The van der Waals surface area contributed by atoms with Gasteiger partial charge in [-0.25, -0.2) is 4.79 Å². The zero-order valence-electron chi connectivity index (χ0n) is 18.1. The molecule has 8 nitrogen and oxygen atoms in total. The fourth-order valence-corrected chi connectivity index (χ4v) is 4.53. The number of rotatable bonds is 4. The number of piperidine rings is 1. The molecular formula is C24H24ClN3O5. The molecule has 0 spiro atoms. The number of carbonyl (C=O) groups excluding carboxylic acids is 3. The number of benzene rings is 1. The molecule has 9 heteroatoms. The zero-order valence-corrected chi connectivity index (χ0v) is 18.9. The first kappa shape index (κ1) is 22.8. The average molecular weight is 470 g/mol. The summed E-state index contributed by atoms with van der Waals surface area (Å²) >= 11 is 5.96. The second-order valence-electron chi connectivity index (χ2n) is 7.91. The molecule has 1 aromatic carbocycles. The lowest BCUT2D eigenvalue weighted by Crippen LogP contribution is -2.48. The summed E-state index contributed by atoms with van der Waals surface area (Å²) in [6.45, 7) is 2.86. The van der Waals surface area contributed by atoms with Crippen LogP contribution >= 0.6 is 11.6 Å². The summed E-state index contributed by atoms with van der Waals surface area (Å²) in [5.41, 5.74) is 1.10. The summed E-state index contributed by atoms with van der Waals surface area (Å²) in [5, 5.41) is 11.6. The molecule has 2 amide bonds. The van der Waals surface area contributed by atoms with Crippen LogP contribution in [-0.4, -0.2) is 63.4 Å². The Hall–Kier alpha value is -3.39. The molecular weight excluding hydrogens is 446 g/mol. The second kappa shape index (κ2) is 9.62. The van der Waals surface area contributed by atoms with Crippen molar-refractivity contribution >= 4 is 35.1 Å². The van der Waals surface area contributed by atoms with Gasteiger partial charge in [0.25, 0.3) is 11.7 Å². The number of likely N-dealkylation sites (tertiary alicyclic amines) is 2. The Morgan fingerprint density at radius 2 is 1.76 bits per heavy atom. The molecule has 4 rings (SSSR count). The number of ether oxygens (including phenoxy) is 1. The van der Waals surface area contributed by atoms with Gasteiger partial charge < -0.3 is 19.6 Å². The number of aliphatic hydroxyl groups excluding tert-OH is 1. The SMILES string of the molecule is CCOC(=O)N1CCC(N2C(=O)C(=O)/C(=C(/O)c3ccc(Cl)cc3)C2c2ccncc2)CC1. The summed E-state index contributed by atoms with van der Waals surface area (Å²) in [7, 11) is 0. The number of hydrogen-bond donors (Lipinski definition) is 1. The minimum Gasteiger partial charge on any atom is -0.507 e. The van der Waals surface area contributed by atoms with Crippen LogP contribution in [0.5, 0.6) is 0 Å². The Morgan fingerprint density at radius 3 is 2.36 bits per heavy atom. The van der Waals surface area contributed by atoms with Crippen LogP contribution in [0.25, 0.3) is 5.76 Å². The van der Waals surface area contributed by atoms with E-state index in [0.29, 0.717) is 48.7 Å². The van der Waals surface area contributed by atoms with Crippen LogP contribution in [0, 0.1) is 0 Å². The Morgan fingerprint density at radius 1 is 1.12 bits per heavy atom. The number of aromatic nitrogens is 1. The fraction of sp³-hybridized carbons (Fsp3) is 0.333. The third-order valence-corrected chi connectivity index (χ3v) is 6.26. The van der Waals surface area contributed by atoms with Gasteiger partial charge in [-0.2, -0.15) is 0 Å². The lowest BCUT2D eigenvalue weighted by Gasteiger charge is -2.38. The van der Waals surface area contributed by atoms with Crippen LogP contribution < -0.4 is 0 Å².